The zero-order valence-corrected chi connectivity index (χ0v) is 17.1. The van der Waals surface area contributed by atoms with Crippen molar-refractivity contribution in [2.75, 3.05) is 19.6 Å². The maximum atomic E-state index is 13.5. The van der Waals surface area contributed by atoms with E-state index < -0.39 is 5.82 Å². The molecule has 0 N–H and O–H groups in total. The second-order valence-electron chi connectivity index (χ2n) is 7.86. The van der Waals surface area contributed by atoms with E-state index in [0.717, 1.165) is 11.0 Å². The van der Waals surface area contributed by atoms with Crippen molar-refractivity contribution in [1.82, 2.24) is 14.4 Å². The Labute approximate surface area is 174 Å². The summed E-state index contributed by atoms with van der Waals surface area (Å²) in [6, 6.07) is 9.16. The molecule has 2 amide bonds. The molecule has 156 valence electrons. The number of amides is 2. The number of hydrogen-bond donors (Lipinski definition) is 0. The van der Waals surface area contributed by atoms with Crippen LogP contribution >= 0.6 is 0 Å². The molecule has 2 aromatic heterocycles. The molecule has 6 nitrogen and oxygen atoms in total. The van der Waals surface area contributed by atoms with Gasteiger partial charge in [-0.15, -0.1) is 0 Å². The molecule has 0 unspecified atom stereocenters. The quantitative estimate of drug-likeness (QED) is 0.614. The number of benzene rings is 1. The summed E-state index contributed by atoms with van der Waals surface area (Å²) in [5.74, 6) is -0.769. The van der Waals surface area contributed by atoms with Crippen molar-refractivity contribution in [1.29, 1.82) is 0 Å². The number of piperazine rings is 1. The second-order valence-corrected chi connectivity index (χ2v) is 7.86. The molecule has 4 rings (SSSR count). The third-order valence-corrected chi connectivity index (χ3v) is 5.40. The van der Waals surface area contributed by atoms with Crippen LogP contribution in [-0.4, -0.2) is 51.9 Å². The van der Waals surface area contributed by atoms with Gasteiger partial charge in [0.25, 0.3) is 11.8 Å². The highest BCUT2D eigenvalue weighted by Gasteiger charge is 2.32. The number of halogens is 1. The lowest BCUT2D eigenvalue weighted by molar-refractivity contribution is 0.0409. The van der Waals surface area contributed by atoms with Gasteiger partial charge in [0.2, 0.25) is 5.71 Å². The molecular formula is C23H24FN3O3. The normalized spacial score (nSPS) is 16.8. The van der Waals surface area contributed by atoms with Gasteiger partial charge in [-0.25, -0.2) is 4.39 Å². The minimum atomic E-state index is -0.440. The molecule has 0 aliphatic carbocycles. The second kappa shape index (κ2) is 7.82. The average molecular weight is 409 g/mol. The average Bonchev–Trinajstić information content (AvgIpc) is 3.29. The lowest BCUT2D eigenvalue weighted by Gasteiger charge is -2.40. The first kappa shape index (κ1) is 19.9. The molecule has 0 spiro atoms. The highest BCUT2D eigenvalue weighted by molar-refractivity contribution is 5.98. The molecule has 1 aliphatic heterocycles. The number of carbonyl (C=O) groups is 2. The van der Waals surface area contributed by atoms with Crippen LogP contribution in [0.1, 0.15) is 34.7 Å². The van der Waals surface area contributed by atoms with E-state index in [4.69, 9.17) is 4.42 Å². The van der Waals surface area contributed by atoms with Crippen LogP contribution in [0.15, 0.2) is 59.2 Å². The van der Waals surface area contributed by atoms with Crippen LogP contribution < -0.4 is 0 Å². The largest absolute Gasteiger partial charge is 0.448 e. The molecule has 1 aromatic carbocycles. The highest BCUT2D eigenvalue weighted by atomic mass is 19.1. The summed E-state index contributed by atoms with van der Waals surface area (Å²) in [7, 11) is 0. The zero-order valence-electron chi connectivity index (χ0n) is 17.1. The summed E-state index contributed by atoms with van der Waals surface area (Å²) in [6.45, 7) is 9.44. The van der Waals surface area contributed by atoms with Crippen LogP contribution in [-0.2, 0) is 6.54 Å². The topological polar surface area (TPSA) is 58.7 Å². The molecule has 30 heavy (non-hydrogen) atoms. The predicted octanol–water partition coefficient (Wildman–Crippen LogP) is 3.94. The van der Waals surface area contributed by atoms with Crippen molar-refractivity contribution < 1.29 is 18.4 Å². The van der Waals surface area contributed by atoms with E-state index in [9.17, 15) is 14.0 Å². The standard InChI is InChI=1S/C23H24FN3O3/c1-15(2)13-27-20(12-18-7-10-30-23(18)27)22(29)25-8-9-26(16(3)14-25)21(28)17-5-4-6-19(24)11-17/h4-7,10-12,16H,1,8-9,13-14H2,2-3H3/t16-/m0/s1. The van der Waals surface area contributed by atoms with E-state index in [1.807, 2.05) is 30.5 Å². The summed E-state index contributed by atoms with van der Waals surface area (Å²) in [6.07, 6.45) is 1.60. The van der Waals surface area contributed by atoms with E-state index in [0.29, 0.717) is 43.1 Å². The van der Waals surface area contributed by atoms with Gasteiger partial charge < -0.3 is 18.8 Å². The Kier molecular flexibility index (Phi) is 5.20. The maximum absolute atomic E-state index is 13.5. The van der Waals surface area contributed by atoms with Gasteiger partial charge in [0, 0.05) is 43.2 Å². The fourth-order valence-electron chi connectivity index (χ4n) is 3.97. The van der Waals surface area contributed by atoms with Gasteiger partial charge in [-0.05, 0) is 44.2 Å². The molecule has 3 heterocycles. The predicted molar refractivity (Wildman–Crippen MR) is 112 cm³/mol. The Morgan fingerprint density at radius 2 is 2.00 bits per heavy atom. The number of carbonyl (C=O) groups excluding carboxylic acids is 2. The highest BCUT2D eigenvalue weighted by Crippen LogP contribution is 2.24. The molecule has 1 fully saturated rings. The van der Waals surface area contributed by atoms with Gasteiger partial charge >= 0.3 is 0 Å². The number of rotatable bonds is 4. The molecule has 3 aromatic rings. The summed E-state index contributed by atoms with van der Waals surface area (Å²) in [5, 5.41) is 0.868. The zero-order chi connectivity index (χ0) is 21.4. The summed E-state index contributed by atoms with van der Waals surface area (Å²) < 4.78 is 20.9. The third-order valence-electron chi connectivity index (χ3n) is 5.40. The van der Waals surface area contributed by atoms with Gasteiger partial charge in [0.05, 0.1) is 6.26 Å². The third kappa shape index (κ3) is 3.63. The van der Waals surface area contributed by atoms with Gasteiger partial charge in [-0.1, -0.05) is 18.2 Å². The lowest BCUT2D eigenvalue weighted by Crippen LogP contribution is -2.55. The number of nitrogens with zero attached hydrogens (tertiary/aromatic N) is 3. The number of fused-ring (bicyclic) bond motifs is 1. The molecule has 0 bridgehead atoms. The fourth-order valence-corrected chi connectivity index (χ4v) is 3.97. The van der Waals surface area contributed by atoms with Crippen LogP contribution in [0.3, 0.4) is 0 Å². The number of aromatic nitrogens is 1. The summed E-state index contributed by atoms with van der Waals surface area (Å²) >= 11 is 0. The number of furan rings is 1. The van der Waals surface area contributed by atoms with Gasteiger partial charge in [-0.3, -0.25) is 9.59 Å². The van der Waals surface area contributed by atoms with E-state index in [2.05, 4.69) is 6.58 Å². The van der Waals surface area contributed by atoms with Crippen molar-refractivity contribution in [3.8, 4) is 0 Å². The van der Waals surface area contributed by atoms with Crippen LogP contribution in [0.4, 0.5) is 4.39 Å². The first-order valence-electron chi connectivity index (χ1n) is 9.92. The first-order valence-corrected chi connectivity index (χ1v) is 9.92. The Bertz CT molecular complexity index is 1130. The molecule has 7 heteroatoms. The minimum absolute atomic E-state index is 0.104. The Morgan fingerprint density at radius 3 is 2.70 bits per heavy atom. The van der Waals surface area contributed by atoms with Crippen LogP contribution in [0, 0.1) is 5.82 Å². The molecule has 0 saturated carbocycles. The van der Waals surface area contributed by atoms with Crippen molar-refractivity contribution in [2.45, 2.75) is 26.4 Å². The molecular weight excluding hydrogens is 385 g/mol. The molecule has 1 atom stereocenters. The number of allylic oxidation sites excluding steroid dienone is 1. The monoisotopic (exact) mass is 409 g/mol. The smallest absolute Gasteiger partial charge is 0.270 e. The Balaban J connectivity index is 1.53. The van der Waals surface area contributed by atoms with Crippen LogP contribution in [0.25, 0.3) is 11.1 Å². The van der Waals surface area contributed by atoms with E-state index >= 15 is 0 Å². The number of hydrogen-bond acceptors (Lipinski definition) is 3. The minimum Gasteiger partial charge on any atom is -0.448 e. The first-order chi connectivity index (χ1) is 14.3. The van der Waals surface area contributed by atoms with E-state index in [1.54, 1.807) is 22.1 Å². The van der Waals surface area contributed by atoms with Crippen molar-refractivity contribution >= 4 is 22.9 Å². The van der Waals surface area contributed by atoms with E-state index in [1.165, 1.54) is 18.2 Å². The molecule has 0 radical (unpaired) electrons. The Hall–Kier alpha value is -3.35. The summed E-state index contributed by atoms with van der Waals surface area (Å²) in [4.78, 5) is 29.5. The molecule has 1 aliphatic rings. The van der Waals surface area contributed by atoms with Gasteiger partial charge in [-0.2, -0.15) is 0 Å². The van der Waals surface area contributed by atoms with Crippen LogP contribution in [0.2, 0.25) is 0 Å². The van der Waals surface area contributed by atoms with Crippen LogP contribution in [0.5, 0.6) is 0 Å². The van der Waals surface area contributed by atoms with Crippen molar-refractivity contribution in [3.05, 3.63) is 71.9 Å². The lowest BCUT2D eigenvalue weighted by atomic mass is 10.1. The van der Waals surface area contributed by atoms with E-state index in [-0.39, 0.29) is 17.9 Å². The van der Waals surface area contributed by atoms with Crippen molar-refractivity contribution in [2.24, 2.45) is 0 Å². The van der Waals surface area contributed by atoms with Gasteiger partial charge in [0.1, 0.15) is 11.5 Å². The SMILES string of the molecule is C=C(C)Cn1c(C(=O)N2CCN(C(=O)c3cccc(F)c3)[C@@H](C)C2)cc2ccoc21. The fraction of sp³-hybridized carbons (Fsp3) is 0.304. The van der Waals surface area contributed by atoms with Crippen molar-refractivity contribution in [3.63, 3.8) is 0 Å². The maximum Gasteiger partial charge on any atom is 0.270 e. The van der Waals surface area contributed by atoms with Gasteiger partial charge in [0.15, 0.2) is 0 Å². The molecule has 1 saturated heterocycles. The Morgan fingerprint density at radius 1 is 1.20 bits per heavy atom. The summed E-state index contributed by atoms with van der Waals surface area (Å²) in [5.41, 5.74) is 2.42.